The Kier molecular flexibility index (Phi) is 4.54. The average Bonchev–Trinajstić information content (AvgIpc) is 2.85. The van der Waals surface area contributed by atoms with Gasteiger partial charge in [-0.05, 0) is 39.3 Å². The molecule has 1 saturated heterocycles. The third kappa shape index (κ3) is 4.34. The second-order valence-corrected chi connectivity index (χ2v) is 6.53. The van der Waals surface area contributed by atoms with Gasteiger partial charge in [-0.15, -0.1) is 0 Å². The number of hydrogen-bond donors (Lipinski definition) is 3. The molecule has 0 radical (unpaired) electrons. The number of rotatable bonds is 3. The van der Waals surface area contributed by atoms with Crippen molar-refractivity contribution < 1.29 is 9.59 Å². The number of hydrogen-bond acceptors (Lipinski definition) is 4. The number of anilines is 1. The molecule has 0 saturated carbocycles. The van der Waals surface area contributed by atoms with Crippen molar-refractivity contribution in [2.24, 2.45) is 5.73 Å². The van der Waals surface area contributed by atoms with Crippen LogP contribution in [-0.2, 0) is 0 Å². The van der Waals surface area contributed by atoms with Crippen LogP contribution in [0.2, 0.25) is 0 Å². The van der Waals surface area contributed by atoms with Crippen LogP contribution in [0, 0.1) is 0 Å². The zero-order chi connectivity index (χ0) is 16.3. The Bertz CT molecular complexity index is 567. The normalized spacial score (nSPS) is 18.1. The number of likely N-dealkylation sites (tertiary alicyclic amines) is 1. The first-order valence-corrected chi connectivity index (χ1v) is 7.35. The summed E-state index contributed by atoms with van der Waals surface area (Å²) >= 11 is 0. The molecular weight excluding hydrogens is 282 g/mol. The summed E-state index contributed by atoms with van der Waals surface area (Å²) in [6, 6.07) is 5.14. The largest absolute Gasteiger partial charge is 0.365 e. The summed E-state index contributed by atoms with van der Waals surface area (Å²) in [5, 5.41) is 6.20. The maximum atomic E-state index is 12.1. The molecule has 1 aromatic heterocycles. The molecule has 3 amide bonds. The van der Waals surface area contributed by atoms with Crippen LogP contribution in [0.1, 0.15) is 37.7 Å². The second-order valence-electron chi connectivity index (χ2n) is 6.53. The standard InChI is InChI=1S/C15H23N5O2/c1-15(2,3)19-14(22)20-8-7-10(9-20)17-12-6-4-5-11(18-12)13(16)21/h4-6,10H,7-9H2,1-3H3,(H2,16,21)(H,17,18)(H,19,22)/t10-/m0/s1. The Morgan fingerprint density at radius 1 is 1.36 bits per heavy atom. The van der Waals surface area contributed by atoms with Crippen molar-refractivity contribution in [3.63, 3.8) is 0 Å². The topological polar surface area (TPSA) is 100 Å². The summed E-state index contributed by atoms with van der Waals surface area (Å²) in [5.74, 6) is 0.0423. The number of primary amides is 1. The van der Waals surface area contributed by atoms with Crippen LogP contribution >= 0.6 is 0 Å². The lowest BCUT2D eigenvalue weighted by Gasteiger charge is -2.25. The highest BCUT2D eigenvalue weighted by Gasteiger charge is 2.28. The first-order valence-electron chi connectivity index (χ1n) is 7.35. The van der Waals surface area contributed by atoms with Crippen molar-refractivity contribution in [2.45, 2.75) is 38.8 Å². The molecule has 0 bridgehead atoms. The Labute approximate surface area is 130 Å². The van der Waals surface area contributed by atoms with Gasteiger partial charge in [0.15, 0.2) is 0 Å². The molecule has 22 heavy (non-hydrogen) atoms. The minimum Gasteiger partial charge on any atom is -0.365 e. The number of aromatic nitrogens is 1. The number of nitrogens with one attached hydrogen (secondary N) is 2. The molecule has 7 nitrogen and oxygen atoms in total. The van der Waals surface area contributed by atoms with Crippen molar-refractivity contribution >= 4 is 17.8 Å². The lowest BCUT2D eigenvalue weighted by molar-refractivity contribution is 0.0995. The van der Waals surface area contributed by atoms with Gasteiger partial charge in [0.05, 0.1) is 0 Å². The van der Waals surface area contributed by atoms with Gasteiger partial charge in [-0.2, -0.15) is 0 Å². The lowest BCUT2D eigenvalue weighted by atomic mass is 10.1. The van der Waals surface area contributed by atoms with Crippen LogP contribution in [0.25, 0.3) is 0 Å². The SMILES string of the molecule is CC(C)(C)NC(=O)N1CC[C@H](Nc2cccc(C(N)=O)n2)C1. The molecule has 1 atom stereocenters. The maximum Gasteiger partial charge on any atom is 0.317 e. The van der Waals surface area contributed by atoms with Crippen molar-refractivity contribution in [2.75, 3.05) is 18.4 Å². The number of nitrogens with zero attached hydrogens (tertiary/aromatic N) is 2. The Morgan fingerprint density at radius 3 is 2.73 bits per heavy atom. The summed E-state index contributed by atoms with van der Waals surface area (Å²) in [6.45, 7) is 7.15. The predicted octanol–water partition coefficient (Wildman–Crippen LogP) is 1.17. The first kappa shape index (κ1) is 16.1. The van der Waals surface area contributed by atoms with Gasteiger partial charge in [0.25, 0.3) is 5.91 Å². The molecule has 2 heterocycles. The van der Waals surface area contributed by atoms with E-state index in [0.29, 0.717) is 18.9 Å². The van der Waals surface area contributed by atoms with Crippen molar-refractivity contribution in [3.05, 3.63) is 23.9 Å². The van der Waals surface area contributed by atoms with E-state index in [2.05, 4.69) is 15.6 Å². The zero-order valence-corrected chi connectivity index (χ0v) is 13.2. The van der Waals surface area contributed by atoms with E-state index in [9.17, 15) is 9.59 Å². The summed E-state index contributed by atoms with van der Waals surface area (Å²) in [4.78, 5) is 29.2. The summed E-state index contributed by atoms with van der Waals surface area (Å²) in [5.41, 5.74) is 5.20. The van der Waals surface area contributed by atoms with Crippen LogP contribution in [0.4, 0.5) is 10.6 Å². The van der Waals surface area contributed by atoms with Crippen LogP contribution < -0.4 is 16.4 Å². The highest BCUT2D eigenvalue weighted by atomic mass is 16.2. The number of carbonyl (C=O) groups excluding carboxylic acids is 2. The zero-order valence-electron chi connectivity index (χ0n) is 13.2. The van der Waals surface area contributed by atoms with Crippen molar-refractivity contribution in [3.8, 4) is 0 Å². The average molecular weight is 305 g/mol. The lowest BCUT2D eigenvalue weighted by Crippen LogP contribution is -2.48. The Balaban J connectivity index is 1.92. The molecule has 1 aliphatic rings. The minimum absolute atomic E-state index is 0.0596. The van der Waals surface area contributed by atoms with E-state index in [0.717, 1.165) is 6.42 Å². The fourth-order valence-corrected chi connectivity index (χ4v) is 2.32. The highest BCUT2D eigenvalue weighted by Crippen LogP contribution is 2.15. The van der Waals surface area contributed by atoms with Gasteiger partial charge in [0.1, 0.15) is 11.5 Å². The number of carbonyl (C=O) groups is 2. The van der Waals surface area contributed by atoms with E-state index in [-0.39, 0.29) is 23.3 Å². The van der Waals surface area contributed by atoms with Crippen molar-refractivity contribution in [1.82, 2.24) is 15.2 Å². The first-order chi connectivity index (χ1) is 10.2. The van der Waals surface area contributed by atoms with Gasteiger partial charge in [-0.3, -0.25) is 4.79 Å². The van der Waals surface area contributed by atoms with Gasteiger partial charge in [0.2, 0.25) is 0 Å². The third-order valence-electron chi connectivity index (χ3n) is 3.31. The number of nitrogens with two attached hydrogens (primary N) is 1. The molecule has 7 heteroatoms. The van der Waals surface area contributed by atoms with Gasteiger partial charge in [-0.1, -0.05) is 6.07 Å². The van der Waals surface area contributed by atoms with Gasteiger partial charge >= 0.3 is 6.03 Å². The fraction of sp³-hybridized carbons (Fsp3) is 0.533. The summed E-state index contributed by atoms with van der Waals surface area (Å²) in [6.07, 6.45) is 0.833. The molecule has 0 aromatic carbocycles. The molecular formula is C15H23N5O2. The molecule has 0 unspecified atom stereocenters. The van der Waals surface area contributed by atoms with Crippen LogP contribution in [0.5, 0.6) is 0 Å². The van der Waals surface area contributed by atoms with Crippen LogP contribution in [0.15, 0.2) is 18.2 Å². The van der Waals surface area contributed by atoms with Crippen LogP contribution in [0.3, 0.4) is 0 Å². The maximum absolute atomic E-state index is 12.1. The van der Waals surface area contributed by atoms with E-state index in [1.807, 2.05) is 20.8 Å². The smallest absolute Gasteiger partial charge is 0.317 e. The van der Waals surface area contributed by atoms with Gasteiger partial charge in [0, 0.05) is 24.7 Å². The van der Waals surface area contributed by atoms with Gasteiger partial charge in [-0.25, -0.2) is 9.78 Å². The predicted molar refractivity (Wildman–Crippen MR) is 84.6 cm³/mol. The molecule has 120 valence electrons. The number of amides is 3. The number of urea groups is 1. The third-order valence-corrected chi connectivity index (χ3v) is 3.31. The minimum atomic E-state index is -0.554. The summed E-state index contributed by atoms with van der Waals surface area (Å²) in [7, 11) is 0. The van der Waals surface area contributed by atoms with Gasteiger partial charge < -0.3 is 21.3 Å². The molecule has 1 aliphatic heterocycles. The monoisotopic (exact) mass is 305 g/mol. The van der Waals surface area contributed by atoms with E-state index in [1.165, 1.54) is 0 Å². The molecule has 1 fully saturated rings. The molecule has 0 spiro atoms. The Morgan fingerprint density at radius 2 is 2.09 bits per heavy atom. The fourth-order valence-electron chi connectivity index (χ4n) is 2.32. The molecule has 4 N–H and O–H groups in total. The van der Waals surface area contributed by atoms with E-state index in [4.69, 9.17) is 5.73 Å². The summed E-state index contributed by atoms with van der Waals surface area (Å²) < 4.78 is 0. The number of pyridine rings is 1. The van der Waals surface area contributed by atoms with Crippen LogP contribution in [-0.4, -0.2) is 46.5 Å². The van der Waals surface area contributed by atoms with E-state index >= 15 is 0 Å². The highest BCUT2D eigenvalue weighted by molar-refractivity contribution is 5.91. The molecule has 2 rings (SSSR count). The quantitative estimate of drug-likeness (QED) is 0.780. The second kappa shape index (κ2) is 6.21. The van der Waals surface area contributed by atoms with E-state index in [1.54, 1.807) is 23.1 Å². The Hall–Kier alpha value is -2.31. The molecule has 1 aromatic rings. The van der Waals surface area contributed by atoms with Crippen molar-refractivity contribution in [1.29, 1.82) is 0 Å². The van der Waals surface area contributed by atoms with E-state index < -0.39 is 5.91 Å². The molecule has 0 aliphatic carbocycles.